The van der Waals surface area contributed by atoms with Gasteiger partial charge in [0.15, 0.2) is 0 Å². The highest BCUT2D eigenvalue weighted by Crippen LogP contribution is 2.24. The summed E-state index contributed by atoms with van der Waals surface area (Å²) in [5.41, 5.74) is 1.18. The number of Topliss-reactive ketones (excluding diaryl/α,β-unsaturated/α-hetero) is 1. The molecule has 0 aliphatic heterocycles. The number of aryl methyl sites for hydroxylation is 1. The van der Waals surface area contributed by atoms with Crippen molar-refractivity contribution in [3.05, 3.63) is 18.0 Å². The minimum atomic E-state index is 0.268. The Morgan fingerprint density at radius 2 is 2.54 bits per heavy atom. The molecule has 1 fully saturated rings. The van der Waals surface area contributed by atoms with Gasteiger partial charge in [-0.2, -0.15) is 5.10 Å². The summed E-state index contributed by atoms with van der Waals surface area (Å²) in [5, 5.41) is 4.09. The van der Waals surface area contributed by atoms with Crippen molar-refractivity contribution < 1.29 is 4.79 Å². The van der Waals surface area contributed by atoms with E-state index in [1.165, 1.54) is 5.56 Å². The molecule has 1 aromatic rings. The van der Waals surface area contributed by atoms with Gasteiger partial charge in [0.1, 0.15) is 5.78 Å². The van der Waals surface area contributed by atoms with Crippen LogP contribution in [-0.2, 0) is 18.3 Å². The van der Waals surface area contributed by atoms with E-state index in [2.05, 4.69) is 5.10 Å². The van der Waals surface area contributed by atoms with Crippen LogP contribution in [-0.4, -0.2) is 15.6 Å². The van der Waals surface area contributed by atoms with Crippen molar-refractivity contribution >= 4 is 5.78 Å². The smallest absolute Gasteiger partial charge is 0.136 e. The van der Waals surface area contributed by atoms with Crippen LogP contribution >= 0.6 is 0 Å². The molecule has 3 nitrogen and oxygen atoms in total. The highest BCUT2D eigenvalue weighted by molar-refractivity contribution is 5.83. The topological polar surface area (TPSA) is 34.9 Å². The SMILES string of the molecule is Cn1cc(C[C@H]2CCCC2=O)cn1. The van der Waals surface area contributed by atoms with E-state index in [1.54, 1.807) is 4.68 Å². The Bertz CT molecular complexity index is 316. The summed E-state index contributed by atoms with van der Waals surface area (Å²) < 4.78 is 1.79. The average Bonchev–Trinajstić information content (AvgIpc) is 2.64. The quantitative estimate of drug-likeness (QED) is 0.684. The van der Waals surface area contributed by atoms with E-state index in [0.717, 1.165) is 25.7 Å². The maximum atomic E-state index is 11.4. The van der Waals surface area contributed by atoms with Crippen LogP contribution in [0.15, 0.2) is 12.4 Å². The molecule has 2 rings (SSSR count). The second kappa shape index (κ2) is 3.32. The maximum absolute atomic E-state index is 11.4. The molecule has 1 aliphatic carbocycles. The minimum absolute atomic E-state index is 0.268. The van der Waals surface area contributed by atoms with Crippen LogP contribution in [0.25, 0.3) is 0 Å². The zero-order valence-electron chi connectivity index (χ0n) is 7.86. The first-order valence-corrected chi connectivity index (χ1v) is 4.76. The third kappa shape index (κ3) is 1.79. The van der Waals surface area contributed by atoms with E-state index in [9.17, 15) is 4.79 Å². The molecule has 1 heterocycles. The van der Waals surface area contributed by atoms with Crippen molar-refractivity contribution in [1.82, 2.24) is 9.78 Å². The van der Waals surface area contributed by atoms with Crippen molar-refractivity contribution in [3.8, 4) is 0 Å². The molecular formula is C10H14N2O. The molecule has 13 heavy (non-hydrogen) atoms. The monoisotopic (exact) mass is 178 g/mol. The number of hydrogen-bond acceptors (Lipinski definition) is 2. The first-order valence-electron chi connectivity index (χ1n) is 4.76. The number of ketones is 1. The summed E-state index contributed by atoms with van der Waals surface area (Å²) in [7, 11) is 1.90. The Morgan fingerprint density at radius 1 is 1.69 bits per heavy atom. The molecule has 0 radical (unpaired) electrons. The fourth-order valence-electron chi connectivity index (χ4n) is 1.97. The predicted octanol–water partition coefficient (Wildman–Crippen LogP) is 1.33. The van der Waals surface area contributed by atoms with E-state index in [0.29, 0.717) is 5.78 Å². The molecule has 0 bridgehead atoms. The lowest BCUT2D eigenvalue weighted by atomic mass is 9.99. The van der Waals surface area contributed by atoms with Gasteiger partial charge in [0.25, 0.3) is 0 Å². The van der Waals surface area contributed by atoms with Crippen LogP contribution in [0.1, 0.15) is 24.8 Å². The zero-order valence-corrected chi connectivity index (χ0v) is 7.86. The van der Waals surface area contributed by atoms with E-state index in [-0.39, 0.29) is 5.92 Å². The number of carbonyl (C=O) groups excluding carboxylic acids is 1. The third-order valence-electron chi connectivity index (χ3n) is 2.67. The van der Waals surface area contributed by atoms with Crippen LogP contribution in [0.2, 0.25) is 0 Å². The summed E-state index contributed by atoms with van der Waals surface area (Å²) in [4.78, 5) is 11.4. The van der Waals surface area contributed by atoms with Gasteiger partial charge in [-0.25, -0.2) is 0 Å². The van der Waals surface area contributed by atoms with Gasteiger partial charge in [0, 0.05) is 25.6 Å². The molecule has 1 aromatic heterocycles. The number of rotatable bonds is 2. The van der Waals surface area contributed by atoms with E-state index in [4.69, 9.17) is 0 Å². The fourth-order valence-corrected chi connectivity index (χ4v) is 1.97. The summed E-state index contributed by atoms with van der Waals surface area (Å²) >= 11 is 0. The molecule has 70 valence electrons. The van der Waals surface area contributed by atoms with Gasteiger partial charge in [0.05, 0.1) is 6.20 Å². The van der Waals surface area contributed by atoms with Crippen LogP contribution in [0.4, 0.5) is 0 Å². The van der Waals surface area contributed by atoms with Gasteiger partial charge in [-0.1, -0.05) is 0 Å². The second-order valence-corrected chi connectivity index (χ2v) is 3.78. The molecular weight excluding hydrogens is 164 g/mol. The Labute approximate surface area is 77.7 Å². The first kappa shape index (κ1) is 8.48. The molecule has 0 spiro atoms. The lowest BCUT2D eigenvalue weighted by Gasteiger charge is -2.03. The van der Waals surface area contributed by atoms with Crippen LogP contribution < -0.4 is 0 Å². The summed E-state index contributed by atoms with van der Waals surface area (Å²) in [6, 6.07) is 0. The van der Waals surface area contributed by atoms with Crippen molar-refractivity contribution in [1.29, 1.82) is 0 Å². The van der Waals surface area contributed by atoms with Crippen LogP contribution in [0, 0.1) is 5.92 Å². The van der Waals surface area contributed by atoms with Gasteiger partial charge in [-0.15, -0.1) is 0 Å². The molecule has 1 aliphatic rings. The van der Waals surface area contributed by atoms with E-state index < -0.39 is 0 Å². The Balaban J connectivity index is 2.01. The van der Waals surface area contributed by atoms with Gasteiger partial charge in [-0.05, 0) is 24.8 Å². The number of nitrogens with zero attached hydrogens (tertiary/aromatic N) is 2. The standard InChI is InChI=1S/C10H14N2O/c1-12-7-8(6-11-12)5-9-3-2-4-10(9)13/h6-7,9H,2-5H2,1H3/t9-/m1/s1. The molecule has 0 amide bonds. The molecule has 0 N–H and O–H groups in total. The lowest BCUT2D eigenvalue weighted by Crippen LogP contribution is -2.08. The Hall–Kier alpha value is -1.12. The van der Waals surface area contributed by atoms with E-state index in [1.807, 2.05) is 19.4 Å². The summed E-state index contributed by atoms with van der Waals surface area (Å²) in [5.74, 6) is 0.702. The van der Waals surface area contributed by atoms with Crippen LogP contribution in [0.3, 0.4) is 0 Å². The number of carbonyl (C=O) groups is 1. The van der Waals surface area contributed by atoms with Gasteiger partial charge in [0.2, 0.25) is 0 Å². The largest absolute Gasteiger partial charge is 0.299 e. The van der Waals surface area contributed by atoms with Gasteiger partial charge < -0.3 is 0 Å². The van der Waals surface area contributed by atoms with E-state index >= 15 is 0 Å². The highest BCUT2D eigenvalue weighted by atomic mass is 16.1. The molecule has 1 atom stereocenters. The normalized spacial score (nSPS) is 22.5. The zero-order chi connectivity index (χ0) is 9.26. The lowest BCUT2D eigenvalue weighted by molar-refractivity contribution is -0.120. The average molecular weight is 178 g/mol. The number of hydrogen-bond donors (Lipinski definition) is 0. The van der Waals surface area contributed by atoms with Crippen molar-refractivity contribution in [2.45, 2.75) is 25.7 Å². The van der Waals surface area contributed by atoms with Crippen molar-refractivity contribution in [2.24, 2.45) is 13.0 Å². The molecule has 0 unspecified atom stereocenters. The Morgan fingerprint density at radius 3 is 3.08 bits per heavy atom. The van der Waals surface area contributed by atoms with Crippen molar-refractivity contribution in [2.75, 3.05) is 0 Å². The fraction of sp³-hybridized carbons (Fsp3) is 0.600. The maximum Gasteiger partial charge on any atom is 0.136 e. The Kier molecular flexibility index (Phi) is 2.17. The van der Waals surface area contributed by atoms with Gasteiger partial charge in [-0.3, -0.25) is 9.48 Å². The predicted molar refractivity (Wildman–Crippen MR) is 49.3 cm³/mol. The third-order valence-corrected chi connectivity index (χ3v) is 2.67. The molecule has 3 heteroatoms. The van der Waals surface area contributed by atoms with Crippen LogP contribution in [0.5, 0.6) is 0 Å². The van der Waals surface area contributed by atoms with Gasteiger partial charge >= 0.3 is 0 Å². The summed E-state index contributed by atoms with van der Waals surface area (Å²) in [6.07, 6.45) is 7.65. The minimum Gasteiger partial charge on any atom is -0.299 e. The number of aromatic nitrogens is 2. The van der Waals surface area contributed by atoms with Crippen molar-refractivity contribution in [3.63, 3.8) is 0 Å². The molecule has 1 saturated carbocycles. The second-order valence-electron chi connectivity index (χ2n) is 3.78. The first-order chi connectivity index (χ1) is 6.25. The molecule has 0 saturated heterocycles. The molecule has 0 aromatic carbocycles. The highest BCUT2D eigenvalue weighted by Gasteiger charge is 2.24. The summed E-state index contributed by atoms with van der Waals surface area (Å²) in [6.45, 7) is 0.